The number of hydrogen-bond donors (Lipinski definition) is 1. The SMILES string of the molecule is COc1cc(OCc2ccccc2)c(OCc2ccccc2)cc1N. The number of anilines is 1. The number of benzene rings is 3. The van der Waals surface area contributed by atoms with Crippen molar-refractivity contribution in [2.75, 3.05) is 12.8 Å². The molecular weight excluding hydrogens is 314 g/mol. The topological polar surface area (TPSA) is 53.7 Å². The second kappa shape index (κ2) is 8.11. The first-order valence-corrected chi connectivity index (χ1v) is 8.07. The third kappa shape index (κ3) is 4.44. The van der Waals surface area contributed by atoms with Gasteiger partial charge in [0.2, 0.25) is 0 Å². The maximum absolute atomic E-state index is 6.02. The minimum absolute atomic E-state index is 0.439. The third-order valence-corrected chi connectivity index (χ3v) is 3.77. The van der Waals surface area contributed by atoms with Crippen molar-refractivity contribution in [2.45, 2.75) is 13.2 Å². The fourth-order valence-electron chi connectivity index (χ4n) is 2.43. The minimum Gasteiger partial charge on any atom is -0.494 e. The van der Waals surface area contributed by atoms with E-state index in [1.807, 2.05) is 60.7 Å². The Kier molecular flexibility index (Phi) is 5.42. The van der Waals surface area contributed by atoms with Crippen molar-refractivity contribution in [3.05, 3.63) is 83.9 Å². The van der Waals surface area contributed by atoms with E-state index in [4.69, 9.17) is 19.9 Å². The third-order valence-electron chi connectivity index (χ3n) is 3.77. The summed E-state index contributed by atoms with van der Waals surface area (Å²) in [5, 5.41) is 0. The van der Waals surface area contributed by atoms with Crippen molar-refractivity contribution < 1.29 is 14.2 Å². The zero-order chi connectivity index (χ0) is 17.5. The minimum atomic E-state index is 0.439. The van der Waals surface area contributed by atoms with Gasteiger partial charge in [-0.3, -0.25) is 0 Å². The first kappa shape index (κ1) is 16.7. The van der Waals surface area contributed by atoms with Crippen LogP contribution in [0.25, 0.3) is 0 Å². The Morgan fingerprint density at radius 3 is 1.64 bits per heavy atom. The Balaban J connectivity index is 1.78. The van der Waals surface area contributed by atoms with Gasteiger partial charge < -0.3 is 19.9 Å². The van der Waals surface area contributed by atoms with Gasteiger partial charge in [0.15, 0.2) is 11.5 Å². The molecule has 0 saturated carbocycles. The van der Waals surface area contributed by atoms with Gasteiger partial charge in [-0.05, 0) is 11.1 Å². The smallest absolute Gasteiger partial charge is 0.165 e. The van der Waals surface area contributed by atoms with E-state index in [0.29, 0.717) is 36.1 Å². The van der Waals surface area contributed by atoms with Crippen molar-refractivity contribution in [3.8, 4) is 17.2 Å². The van der Waals surface area contributed by atoms with Gasteiger partial charge in [-0.1, -0.05) is 60.7 Å². The molecule has 0 aliphatic carbocycles. The summed E-state index contributed by atoms with van der Waals surface area (Å²) in [6.45, 7) is 0.879. The molecule has 0 bridgehead atoms. The summed E-state index contributed by atoms with van der Waals surface area (Å²) in [5.74, 6) is 1.76. The normalized spacial score (nSPS) is 10.3. The predicted molar refractivity (Wildman–Crippen MR) is 99.0 cm³/mol. The fourth-order valence-corrected chi connectivity index (χ4v) is 2.43. The van der Waals surface area contributed by atoms with Crippen LogP contribution in [0.1, 0.15) is 11.1 Å². The molecule has 25 heavy (non-hydrogen) atoms. The van der Waals surface area contributed by atoms with Crippen LogP contribution in [0.4, 0.5) is 5.69 Å². The quantitative estimate of drug-likeness (QED) is 0.649. The number of ether oxygens (including phenoxy) is 3. The molecule has 0 atom stereocenters. The molecule has 0 saturated heterocycles. The largest absolute Gasteiger partial charge is 0.494 e. The maximum Gasteiger partial charge on any atom is 0.165 e. The predicted octanol–water partition coefficient (Wildman–Crippen LogP) is 4.44. The summed E-state index contributed by atoms with van der Waals surface area (Å²) < 4.78 is 17.2. The molecule has 128 valence electrons. The van der Waals surface area contributed by atoms with Crippen LogP contribution in [0, 0.1) is 0 Å². The van der Waals surface area contributed by atoms with E-state index in [2.05, 4.69) is 0 Å². The van der Waals surface area contributed by atoms with E-state index in [1.165, 1.54) is 0 Å². The lowest BCUT2D eigenvalue weighted by atomic mass is 10.2. The van der Waals surface area contributed by atoms with Gasteiger partial charge in [-0.25, -0.2) is 0 Å². The molecule has 0 fully saturated rings. The monoisotopic (exact) mass is 335 g/mol. The number of methoxy groups -OCH3 is 1. The number of nitrogens with two attached hydrogens (primary N) is 1. The highest BCUT2D eigenvalue weighted by atomic mass is 16.5. The van der Waals surface area contributed by atoms with Crippen molar-refractivity contribution >= 4 is 5.69 Å². The molecule has 0 aliphatic rings. The van der Waals surface area contributed by atoms with Crippen LogP contribution in [0.5, 0.6) is 17.2 Å². The number of hydrogen-bond acceptors (Lipinski definition) is 4. The summed E-state index contributed by atoms with van der Waals surface area (Å²) in [6.07, 6.45) is 0. The molecular formula is C21H21NO3. The molecule has 0 aromatic heterocycles. The average Bonchev–Trinajstić information content (AvgIpc) is 2.67. The average molecular weight is 335 g/mol. The van der Waals surface area contributed by atoms with Gasteiger partial charge in [-0.2, -0.15) is 0 Å². The summed E-state index contributed by atoms with van der Waals surface area (Å²) in [4.78, 5) is 0. The first-order valence-electron chi connectivity index (χ1n) is 8.07. The van der Waals surface area contributed by atoms with Gasteiger partial charge in [-0.15, -0.1) is 0 Å². The van der Waals surface area contributed by atoms with E-state index in [9.17, 15) is 0 Å². The van der Waals surface area contributed by atoms with Gasteiger partial charge >= 0.3 is 0 Å². The summed E-state index contributed by atoms with van der Waals surface area (Å²) in [7, 11) is 1.58. The highest BCUT2D eigenvalue weighted by molar-refractivity contribution is 5.62. The van der Waals surface area contributed by atoms with Crippen LogP contribution >= 0.6 is 0 Å². The molecule has 4 heteroatoms. The Morgan fingerprint density at radius 2 is 1.16 bits per heavy atom. The van der Waals surface area contributed by atoms with Crippen LogP contribution in [0.15, 0.2) is 72.8 Å². The van der Waals surface area contributed by atoms with Crippen molar-refractivity contribution in [2.24, 2.45) is 0 Å². The van der Waals surface area contributed by atoms with E-state index in [-0.39, 0.29) is 0 Å². The van der Waals surface area contributed by atoms with Gasteiger partial charge in [0.05, 0.1) is 12.8 Å². The van der Waals surface area contributed by atoms with Gasteiger partial charge in [0, 0.05) is 12.1 Å². The molecule has 0 heterocycles. The van der Waals surface area contributed by atoms with Crippen LogP contribution < -0.4 is 19.9 Å². The molecule has 0 aliphatic heterocycles. The van der Waals surface area contributed by atoms with Crippen molar-refractivity contribution in [1.29, 1.82) is 0 Å². The lowest BCUT2D eigenvalue weighted by Crippen LogP contribution is -2.02. The summed E-state index contributed by atoms with van der Waals surface area (Å²) in [6, 6.07) is 23.4. The standard InChI is InChI=1S/C21H21NO3/c1-23-19-13-21(25-15-17-10-6-3-7-11-17)20(12-18(19)22)24-14-16-8-4-2-5-9-16/h2-13H,14-15,22H2,1H3. The Hall–Kier alpha value is -3.14. The first-order chi connectivity index (χ1) is 12.3. The van der Waals surface area contributed by atoms with Gasteiger partial charge in [0.1, 0.15) is 19.0 Å². The van der Waals surface area contributed by atoms with E-state index in [1.54, 1.807) is 19.2 Å². The fraction of sp³-hybridized carbons (Fsp3) is 0.143. The Bertz CT molecular complexity index is 804. The summed E-state index contributed by atoms with van der Waals surface area (Å²) in [5.41, 5.74) is 8.68. The highest BCUT2D eigenvalue weighted by Crippen LogP contribution is 2.37. The van der Waals surface area contributed by atoms with E-state index < -0.39 is 0 Å². The van der Waals surface area contributed by atoms with E-state index in [0.717, 1.165) is 11.1 Å². The molecule has 4 nitrogen and oxygen atoms in total. The second-order valence-corrected chi connectivity index (χ2v) is 5.59. The lowest BCUT2D eigenvalue weighted by Gasteiger charge is -2.15. The zero-order valence-electron chi connectivity index (χ0n) is 14.1. The van der Waals surface area contributed by atoms with Crippen molar-refractivity contribution in [3.63, 3.8) is 0 Å². The zero-order valence-corrected chi connectivity index (χ0v) is 14.1. The Labute approximate surface area is 147 Å². The van der Waals surface area contributed by atoms with E-state index >= 15 is 0 Å². The molecule has 2 N–H and O–H groups in total. The molecule has 3 aromatic carbocycles. The number of nitrogen functional groups attached to an aromatic ring is 1. The lowest BCUT2D eigenvalue weighted by molar-refractivity contribution is 0.254. The van der Waals surface area contributed by atoms with Gasteiger partial charge in [0.25, 0.3) is 0 Å². The molecule has 0 amide bonds. The maximum atomic E-state index is 6.02. The molecule has 3 aromatic rings. The Morgan fingerprint density at radius 1 is 0.680 bits per heavy atom. The molecule has 0 spiro atoms. The molecule has 0 unspecified atom stereocenters. The highest BCUT2D eigenvalue weighted by Gasteiger charge is 2.12. The van der Waals surface area contributed by atoms with Crippen LogP contribution in [-0.2, 0) is 13.2 Å². The van der Waals surface area contributed by atoms with Crippen molar-refractivity contribution in [1.82, 2.24) is 0 Å². The second-order valence-electron chi connectivity index (χ2n) is 5.59. The molecule has 0 radical (unpaired) electrons. The van der Waals surface area contributed by atoms with Crippen LogP contribution in [0.3, 0.4) is 0 Å². The molecule has 3 rings (SSSR count). The number of rotatable bonds is 7. The van der Waals surface area contributed by atoms with Crippen LogP contribution in [-0.4, -0.2) is 7.11 Å². The van der Waals surface area contributed by atoms with Crippen LogP contribution in [0.2, 0.25) is 0 Å². The summed E-state index contributed by atoms with van der Waals surface area (Å²) >= 11 is 0.